The quantitative estimate of drug-likeness (QED) is 0.721. The summed E-state index contributed by atoms with van der Waals surface area (Å²) in [6, 6.07) is 5.51. The van der Waals surface area contributed by atoms with Gasteiger partial charge in [0.25, 0.3) is 0 Å². The lowest BCUT2D eigenvalue weighted by atomic mass is 10.0. The molecule has 0 spiro atoms. The van der Waals surface area contributed by atoms with E-state index in [9.17, 15) is 4.79 Å². The van der Waals surface area contributed by atoms with Crippen LogP contribution < -0.4 is 10.6 Å². The highest BCUT2D eigenvalue weighted by molar-refractivity contribution is 5.91. The molecule has 4 nitrogen and oxygen atoms in total. The van der Waals surface area contributed by atoms with Crippen molar-refractivity contribution >= 4 is 17.9 Å². The number of hydrogen-bond acceptors (Lipinski definition) is 3. The third kappa shape index (κ3) is 1.70. The average molecular weight is 203 g/mol. The molecule has 0 saturated carbocycles. The second-order valence-corrected chi connectivity index (χ2v) is 3.53. The number of hydrogen-bond donors (Lipinski definition) is 2. The number of amides is 1. The van der Waals surface area contributed by atoms with E-state index in [1.165, 1.54) is 0 Å². The van der Waals surface area contributed by atoms with E-state index in [2.05, 4.69) is 15.6 Å². The molecule has 1 aromatic carbocycles. The zero-order valence-electron chi connectivity index (χ0n) is 8.74. The standard InChI is InChI=1S/C11H13N3O/c1-7-3-4-8-9(5-7)13-6-14-10(8)11(15)12-2/h3-6,10H,1-2H3,(H,12,15)(H,13,14). The van der Waals surface area contributed by atoms with Gasteiger partial charge in [-0.2, -0.15) is 0 Å². The SMILES string of the molecule is CNC(=O)C1N=CNc2cc(C)ccc21. The van der Waals surface area contributed by atoms with Crippen molar-refractivity contribution in [3.05, 3.63) is 29.3 Å². The average Bonchev–Trinajstić information content (AvgIpc) is 2.26. The molecule has 15 heavy (non-hydrogen) atoms. The van der Waals surface area contributed by atoms with Crippen molar-refractivity contribution in [1.82, 2.24) is 5.32 Å². The highest BCUT2D eigenvalue weighted by Gasteiger charge is 2.23. The third-order valence-electron chi connectivity index (χ3n) is 2.44. The van der Waals surface area contributed by atoms with E-state index in [1.54, 1.807) is 13.4 Å². The monoisotopic (exact) mass is 203 g/mol. The minimum Gasteiger partial charge on any atom is -0.357 e. The minimum absolute atomic E-state index is 0.0853. The molecule has 1 aromatic rings. The van der Waals surface area contributed by atoms with Gasteiger partial charge in [-0.15, -0.1) is 0 Å². The van der Waals surface area contributed by atoms with Gasteiger partial charge < -0.3 is 10.6 Å². The van der Waals surface area contributed by atoms with Crippen LogP contribution in [0.4, 0.5) is 5.69 Å². The number of aliphatic imine (C=N–C) groups is 1. The fourth-order valence-electron chi connectivity index (χ4n) is 1.64. The molecule has 0 fully saturated rings. The Bertz CT molecular complexity index is 426. The van der Waals surface area contributed by atoms with Crippen LogP contribution in [0.1, 0.15) is 17.2 Å². The normalized spacial score (nSPS) is 17.9. The Balaban J connectivity index is 2.42. The van der Waals surface area contributed by atoms with Crippen molar-refractivity contribution in [2.24, 2.45) is 4.99 Å². The topological polar surface area (TPSA) is 53.5 Å². The van der Waals surface area contributed by atoms with Gasteiger partial charge in [0.2, 0.25) is 5.91 Å². The molecule has 0 aliphatic carbocycles. The summed E-state index contributed by atoms with van der Waals surface area (Å²) in [7, 11) is 1.62. The van der Waals surface area contributed by atoms with Crippen molar-refractivity contribution in [2.75, 3.05) is 12.4 Å². The predicted molar refractivity (Wildman–Crippen MR) is 60.1 cm³/mol. The molecule has 2 N–H and O–H groups in total. The smallest absolute Gasteiger partial charge is 0.249 e. The molecular weight excluding hydrogens is 190 g/mol. The van der Waals surface area contributed by atoms with Crippen LogP contribution >= 0.6 is 0 Å². The van der Waals surface area contributed by atoms with Gasteiger partial charge in [-0.1, -0.05) is 12.1 Å². The first kappa shape index (κ1) is 9.71. The van der Waals surface area contributed by atoms with Gasteiger partial charge in [0.1, 0.15) is 0 Å². The molecule has 1 aliphatic rings. The number of rotatable bonds is 1. The molecule has 1 atom stereocenters. The fraction of sp³-hybridized carbons (Fsp3) is 0.273. The molecule has 0 bridgehead atoms. The van der Waals surface area contributed by atoms with E-state index in [-0.39, 0.29) is 5.91 Å². The fourth-order valence-corrected chi connectivity index (χ4v) is 1.64. The number of likely N-dealkylation sites (N-methyl/N-ethyl adjacent to an activating group) is 1. The summed E-state index contributed by atoms with van der Waals surface area (Å²) in [5.74, 6) is -0.0853. The number of carbonyl (C=O) groups excluding carboxylic acids is 1. The summed E-state index contributed by atoms with van der Waals surface area (Å²) in [5.41, 5.74) is 3.04. The van der Waals surface area contributed by atoms with Crippen LogP contribution in [0, 0.1) is 6.92 Å². The Morgan fingerprint density at radius 1 is 1.53 bits per heavy atom. The van der Waals surface area contributed by atoms with Crippen molar-refractivity contribution in [3.8, 4) is 0 Å². The van der Waals surface area contributed by atoms with E-state index in [4.69, 9.17) is 0 Å². The molecule has 2 rings (SSSR count). The Labute approximate surface area is 88.4 Å². The Kier molecular flexibility index (Phi) is 2.41. The largest absolute Gasteiger partial charge is 0.357 e. The molecule has 1 unspecified atom stereocenters. The number of benzene rings is 1. The molecule has 1 aliphatic heterocycles. The maximum Gasteiger partial charge on any atom is 0.249 e. The zero-order chi connectivity index (χ0) is 10.8. The molecule has 0 aromatic heterocycles. The third-order valence-corrected chi connectivity index (χ3v) is 2.44. The van der Waals surface area contributed by atoms with Gasteiger partial charge in [0.15, 0.2) is 6.04 Å². The summed E-state index contributed by atoms with van der Waals surface area (Å²) < 4.78 is 0. The van der Waals surface area contributed by atoms with Gasteiger partial charge in [0.05, 0.1) is 6.34 Å². The van der Waals surface area contributed by atoms with Gasteiger partial charge in [-0.05, 0) is 18.6 Å². The number of nitrogens with one attached hydrogen (secondary N) is 2. The number of fused-ring (bicyclic) bond motifs is 1. The molecule has 1 heterocycles. The maximum absolute atomic E-state index is 11.6. The van der Waals surface area contributed by atoms with E-state index in [0.29, 0.717) is 0 Å². The zero-order valence-corrected chi connectivity index (χ0v) is 8.74. The number of carbonyl (C=O) groups is 1. The van der Waals surface area contributed by atoms with E-state index < -0.39 is 6.04 Å². The van der Waals surface area contributed by atoms with Gasteiger partial charge in [-0.25, -0.2) is 0 Å². The van der Waals surface area contributed by atoms with Crippen molar-refractivity contribution < 1.29 is 4.79 Å². The van der Waals surface area contributed by atoms with Crippen LogP contribution in [0.15, 0.2) is 23.2 Å². The van der Waals surface area contributed by atoms with Crippen LogP contribution in [-0.4, -0.2) is 19.3 Å². The lowest BCUT2D eigenvalue weighted by Crippen LogP contribution is -2.27. The molecule has 0 saturated heterocycles. The highest BCUT2D eigenvalue weighted by atomic mass is 16.2. The first-order valence-corrected chi connectivity index (χ1v) is 4.82. The Morgan fingerprint density at radius 3 is 3.07 bits per heavy atom. The lowest BCUT2D eigenvalue weighted by Gasteiger charge is -2.20. The van der Waals surface area contributed by atoms with Crippen molar-refractivity contribution in [2.45, 2.75) is 13.0 Å². The molecule has 1 amide bonds. The lowest BCUT2D eigenvalue weighted by molar-refractivity contribution is -0.121. The molecule has 4 heteroatoms. The van der Waals surface area contributed by atoms with E-state index >= 15 is 0 Å². The van der Waals surface area contributed by atoms with Gasteiger partial charge in [0, 0.05) is 18.3 Å². The van der Waals surface area contributed by atoms with Gasteiger partial charge >= 0.3 is 0 Å². The number of aryl methyl sites for hydroxylation is 1. The first-order chi connectivity index (χ1) is 7.22. The predicted octanol–water partition coefficient (Wildman–Crippen LogP) is 1.24. The maximum atomic E-state index is 11.6. The van der Waals surface area contributed by atoms with Crippen LogP contribution in [-0.2, 0) is 4.79 Å². The second-order valence-electron chi connectivity index (χ2n) is 3.53. The molecule has 0 radical (unpaired) electrons. The summed E-state index contributed by atoms with van der Waals surface area (Å²) in [4.78, 5) is 15.7. The molecular formula is C11H13N3O. The second kappa shape index (κ2) is 3.73. The highest BCUT2D eigenvalue weighted by Crippen LogP contribution is 2.29. The van der Waals surface area contributed by atoms with Crippen LogP contribution in [0.3, 0.4) is 0 Å². The first-order valence-electron chi connectivity index (χ1n) is 4.82. The van der Waals surface area contributed by atoms with Gasteiger partial charge in [-0.3, -0.25) is 9.79 Å². The van der Waals surface area contributed by atoms with Crippen molar-refractivity contribution in [3.63, 3.8) is 0 Å². The van der Waals surface area contributed by atoms with E-state index in [0.717, 1.165) is 16.8 Å². The summed E-state index contributed by atoms with van der Waals surface area (Å²) >= 11 is 0. The summed E-state index contributed by atoms with van der Waals surface area (Å²) in [6.07, 6.45) is 1.57. The summed E-state index contributed by atoms with van der Waals surface area (Å²) in [5, 5.41) is 5.65. The summed E-state index contributed by atoms with van der Waals surface area (Å²) in [6.45, 7) is 2.02. The van der Waals surface area contributed by atoms with E-state index in [1.807, 2.05) is 25.1 Å². The Hall–Kier alpha value is -1.84. The van der Waals surface area contributed by atoms with Crippen LogP contribution in [0.25, 0.3) is 0 Å². The van der Waals surface area contributed by atoms with Crippen molar-refractivity contribution in [1.29, 1.82) is 0 Å². The molecule has 78 valence electrons. The van der Waals surface area contributed by atoms with Crippen LogP contribution in [0.5, 0.6) is 0 Å². The minimum atomic E-state index is -0.424. The number of anilines is 1. The Morgan fingerprint density at radius 2 is 2.33 bits per heavy atom. The van der Waals surface area contributed by atoms with Crippen LogP contribution in [0.2, 0.25) is 0 Å². The number of nitrogens with zero attached hydrogens (tertiary/aromatic N) is 1.